The number of fused-ring (bicyclic) bond motifs is 1. The fourth-order valence-electron chi connectivity index (χ4n) is 2.79. The van der Waals surface area contributed by atoms with E-state index in [4.69, 9.17) is 11.5 Å². The highest BCUT2D eigenvalue weighted by atomic mass is 19.1. The van der Waals surface area contributed by atoms with Gasteiger partial charge in [0.1, 0.15) is 5.82 Å². The van der Waals surface area contributed by atoms with E-state index < -0.39 is 11.7 Å². The van der Waals surface area contributed by atoms with Crippen molar-refractivity contribution in [1.29, 1.82) is 0 Å². The minimum absolute atomic E-state index is 0.00900. The predicted octanol–water partition coefficient (Wildman–Crippen LogP) is 2.51. The Morgan fingerprint density at radius 3 is 2.62 bits per heavy atom. The van der Waals surface area contributed by atoms with Crippen LogP contribution in [0.3, 0.4) is 0 Å². The maximum absolute atomic E-state index is 14.1. The van der Waals surface area contributed by atoms with Crippen molar-refractivity contribution in [3.8, 4) is 22.6 Å². The van der Waals surface area contributed by atoms with Crippen molar-refractivity contribution in [3.63, 3.8) is 0 Å². The molecule has 2 heterocycles. The molecule has 0 radical (unpaired) electrons. The number of carbonyl (C=O) groups is 1. The van der Waals surface area contributed by atoms with Crippen LogP contribution in [0.25, 0.3) is 33.5 Å². The summed E-state index contributed by atoms with van der Waals surface area (Å²) in [7, 11) is 0. The molecule has 2 aromatic carbocycles. The van der Waals surface area contributed by atoms with E-state index in [1.54, 1.807) is 12.1 Å². The highest BCUT2D eigenvalue weighted by Crippen LogP contribution is 2.33. The van der Waals surface area contributed by atoms with E-state index in [1.807, 2.05) is 18.2 Å². The number of nitrogens with two attached hydrogens (primary N) is 2. The Morgan fingerprint density at radius 1 is 1.12 bits per heavy atom. The fraction of sp³-hybridized carbons (Fsp3) is 0. The van der Waals surface area contributed by atoms with Crippen LogP contribution in [0.4, 0.5) is 10.1 Å². The Bertz CT molecular complexity index is 1140. The van der Waals surface area contributed by atoms with E-state index in [1.165, 1.54) is 18.3 Å². The van der Waals surface area contributed by atoms with E-state index in [-0.39, 0.29) is 22.9 Å². The lowest BCUT2D eigenvalue weighted by molar-refractivity contribution is 0.0996. The number of primary amides is 1. The van der Waals surface area contributed by atoms with Gasteiger partial charge in [0.25, 0.3) is 5.91 Å². The summed E-state index contributed by atoms with van der Waals surface area (Å²) < 4.78 is 14.1. The van der Waals surface area contributed by atoms with Crippen molar-refractivity contribution < 1.29 is 9.18 Å². The van der Waals surface area contributed by atoms with Gasteiger partial charge in [0, 0.05) is 16.5 Å². The third-order valence-electron chi connectivity index (χ3n) is 3.99. The molecule has 5 N–H and O–H groups in total. The van der Waals surface area contributed by atoms with Gasteiger partial charge in [0.05, 0.1) is 23.1 Å². The number of anilines is 1. The van der Waals surface area contributed by atoms with Crippen LogP contribution in [-0.4, -0.2) is 26.1 Å². The Balaban J connectivity index is 2.05. The number of nitrogen functional groups attached to an aromatic ring is 1. The lowest BCUT2D eigenvalue weighted by Gasteiger charge is -2.12. The number of aromatic nitrogens is 4. The van der Waals surface area contributed by atoms with Crippen LogP contribution in [0.15, 0.2) is 48.7 Å². The van der Waals surface area contributed by atoms with Gasteiger partial charge >= 0.3 is 0 Å². The van der Waals surface area contributed by atoms with E-state index in [2.05, 4.69) is 20.2 Å². The summed E-state index contributed by atoms with van der Waals surface area (Å²) in [6, 6.07) is 11.7. The predicted molar refractivity (Wildman–Crippen MR) is 95.4 cm³/mol. The van der Waals surface area contributed by atoms with Gasteiger partial charge in [-0.1, -0.05) is 30.3 Å². The topological polar surface area (TPSA) is 124 Å². The van der Waals surface area contributed by atoms with E-state index in [0.29, 0.717) is 22.0 Å². The molecule has 0 saturated heterocycles. The minimum atomic E-state index is -0.789. The van der Waals surface area contributed by atoms with Gasteiger partial charge in [-0.2, -0.15) is 5.10 Å². The summed E-state index contributed by atoms with van der Waals surface area (Å²) >= 11 is 0. The first-order valence-electron chi connectivity index (χ1n) is 7.70. The first-order chi connectivity index (χ1) is 12.5. The zero-order valence-corrected chi connectivity index (χ0v) is 13.4. The van der Waals surface area contributed by atoms with Crippen LogP contribution >= 0.6 is 0 Å². The largest absolute Gasteiger partial charge is 0.395 e. The molecular formula is C18H13FN6O. The highest BCUT2D eigenvalue weighted by Gasteiger charge is 2.20. The highest BCUT2D eigenvalue weighted by molar-refractivity contribution is 6.03. The monoisotopic (exact) mass is 348 g/mol. The van der Waals surface area contributed by atoms with Crippen molar-refractivity contribution in [2.45, 2.75) is 0 Å². The Hall–Kier alpha value is -3.81. The summed E-state index contributed by atoms with van der Waals surface area (Å²) in [5.74, 6) is -1.01. The van der Waals surface area contributed by atoms with Crippen molar-refractivity contribution in [2.75, 3.05) is 5.73 Å². The van der Waals surface area contributed by atoms with Gasteiger partial charge < -0.3 is 11.5 Å². The molecule has 0 bridgehead atoms. The molecule has 4 aromatic rings. The Kier molecular flexibility index (Phi) is 3.58. The number of nitrogens with one attached hydrogen (secondary N) is 1. The molecule has 0 spiro atoms. The first kappa shape index (κ1) is 15.7. The molecule has 0 fully saturated rings. The molecule has 0 atom stereocenters. The molecule has 2 aromatic heterocycles. The third kappa shape index (κ3) is 2.53. The second-order valence-electron chi connectivity index (χ2n) is 5.67. The van der Waals surface area contributed by atoms with Gasteiger partial charge in [-0.3, -0.25) is 9.89 Å². The minimum Gasteiger partial charge on any atom is -0.395 e. The summed E-state index contributed by atoms with van der Waals surface area (Å²) in [6.07, 6.45) is 1.54. The number of H-pyrrole nitrogens is 1. The summed E-state index contributed by atoms with van der Waals surface area (Å²) in [5.41, 5.74) is 13.2. The molecule has 0 saturated carbocycles. The van der Waals surface area contributed by atoms with Crippen LogP contribution in [0.5, 0.6) is 0 Å². The van der Waals surface area contributed by atoms with Gasteiger partial charge in [-0.25, -0.2) is 14.4 Å². The van der Waals surface area contributed by atoms with Crippen LogP contribution in [0.2, 0.25) is 0 Å². The molecule has 0 aliphatic rings. The zero-order valence-electron chi connectivity index (χ0n) is 13.4. The van der Waals surface area contributed by atoms with Gasteiger partial charge in [-0.05, 0) is 12.1 Å². The maximum Gasteiger partial charge on any atom is 0.269 e. The number of aromatic amines is 1. The standard InChI is InChI=1S/C18H13FN6O/c19-10-6-11(12-8-22-25-13(12)7-10)15-14(20)16(17(21)26)24-18(23-15)9-4-2-1-3-5-9/h1-8H,20H2,(H2,21,26)(H,22,25). The number of benzene rings is 2. The molecule has 7 nitrogen and oxygen atoms in total. The van der Waals surface area contributed by atoms with Crippen LogP contribution in [-0.2, 0) is 0 Å². The maximum atomic E-state index is 14.1. The molecule has 8 heteroatoms. The van der Waals surface area contributed by atoms with Crippen molar-refractivity contribution >= 4 is 22.5 Å². The quantitative estimate of drug-likeness (QED) is 0.525. The van der Waals surface area contributed by atoms with Crippen molar-refractivity contribution in [1.82, 2.24) is 20.2 Å². The number of halogens is 1. The molecule has 0 unspecified atom stereocenters. The average molecular weight is 348 g/mol. The zero-order chi connectivity index (χ0) is 18.3. The molecule has 128 valence electrons. The second-order valence-corrected chi connectivity index (χ2v) is 5.67. The summed E-state index contributed by atoms with van der Waals surface area (Å²) in [4.78, 5) is 20.5. The van der Waals surface area contributed by atoms with Gasteiger partial charge in [-0.15, -0.1) is 0 Å². The summed E-state index contributed by atoms with van der Waals surface area (Å²) in [6.45, 7) is 0. The number of amides is 1. The Labute approximate surface area is 146 Å². The third-order valence-corrected chi connectivity index (χ3v) is 3.99. The van der Waals surface area contributed by atoms with E-state index in [0.717, 1.165) is 0 Å². The average Bonchev–Trinajstić information content (AvgIpc) is 3.10. The Morgan fingerprint density at radius 2 is 1.88 bits per heavy atom. The van der Waals surface area contributed by atoms with Gasteiger partial charge in [0.2, 0.25) is 0 Å². The van der Waals surface area contributed by atoms with Crippen molar-refractivity contribution in [2.24, 2.45) is 5.73 Å². The first-order valence-corrected chi connectivity index (χ1v) is 7.70. The molecule has 26 heavy (non-hydrogen) atoms. The number of nitrogens with zero attached hydrogens (tertiary/aromatic N) is 3. The molecule has 0 aliphatic heterocycles. The van der Waals surface area contributed by atoms with Crippen LogP contribution in [0, 0.1) is 5.82 Å². The van der Waals surface area contributed by atoms with Crippen LogP contribution in [0.1, 0.15) is 10.5 Å². The molecule has 1 amide bonds. The molecule has 0 aliphatic carbocycles. The number of hydrogen-bond donors (Lipinski definition) is 3. The van der Waals surface area contributed by atoms with E-state index >= 15 is 0 Å². The van der Waals surface area contributed by atoms with E-state index in [9.17, 15) is 9.18 Å². The second kappa shape index (κ2) is 5.92. The normalized spacial score (nSPS) is 11.0. The number of hydrogen-bond acceptors (Lipinski definition) is 5. The lowest BCUT2D eigenvalue weighted by atomic mass is 10.0. The van der Waals surface area contributed by atoms with Gasteiger partial charge in [0.15, 0.2) is 11.5 Å². The molecular weight excluding hydrogens is 335 g/mol. The molecule has 4 rings (SSSR count). The van der Waals surface area contributed by atoms with Crippen LogP contribution < -0.4 is 11.5 Å². The smallest absolute Gasteiger partial charge is 0.269 e. The number of carbonyl (C=O) groups excluding carboxylic acids is 1. The SMILES string of the molecule is NC(=O)c1nc(-c2ccccc2)nc(-c2cc(F)cc3[nH]ncc23)c1N. The lowest BCUT2D eigenvalue weighted by Crippen LogP contribution is -2.17. The summed E-state index contributed by atoms with van der Waals surface area (Å²) in [5, 5.41) is 7.25. The number of rotatable bonds is 3. The fourth-order valence-corrected chi connectivity index (χ4v) is 2.79. The van der Waals surface area contributed by atoms with Crippen molar-refractivity contribution in [3.05, 3.63) is 60.2 Å².